The number of hydrogen-bond acceptors (Lipinski definition) is 5. The lowest BCUT2D eigenvalue weighted by Gasteiger charge is -2.25. The summed E-state index contributed by atoms with van der Waals surface area (Å²) in [5, 5.41) is 0. The van der Waals surface area contributed by atoms with E-state index in [4.69, 9.17) is 0 Å². The van der Waals surface area contributed by atoms with Gasteiger partial charge in [-0.15, -0.1) is 0 Å². The molecule has 0 saturated carbocycles. The highest BCUT2D eigenvalue weighted by molar-refractivity contribution is 8.00. The normalized spacial score (nSPS) is 14.2. The number of sulfone groups is 1. The Balaban J connectivity index is 2.25. The fourth-order valence-electron chi connectivity index (χ4n) is 2.39. The van der Waals surface area contributed by atoms with E-state index >= 15 is 0 Å². The van der Waals surface area contributed by atoms with Gasteiger partial charge in [0.1, 0.15) is 0 Å². The number of rotatable bonds is 6. The minimum atomic E-state index is -4.45. The first-order chi connectivity index (χ1) is 12.7. The van der Waals surface area contributed by atoms with Crippen molar-refractivity contribution < 1.29 is 30.0 Å². The zero-order valence-electron chi connectivity index (χ0n) is 15.1. The smallest absolute Gasteiger partial charge is 0.224 e. The van der Waals surface area contributed by atoms with Gasteiger partial charge in [0.25, 0.3) is 0 Å². The van der Waals surface area contributed by atoms with E-state index in [2.05, 4.69) is 0 Å². The van der Waals surface area contributed by atoms with Crippen LogP contribution in [-0.2, 0) is 19.9 Å². The van der Waals surface area contributed by atoms with Gasteiger partial charge in [-0.3, -0.25) is 0 Å². The maximum atomic E-state index is 12.8. The third kappa shape index (κ3) is 5.49. The first-order valence-electron chi connectivity index (χ1n) is 7.86. The molecule has 0 spiro atoms. The van der Waals surface area contributed by atoms with Crippen molar-refractivity contribution in [2.24, 2.45) is 0 Å². The summed E-state index contributed by atoms with van der Waals surface area (Å²) in [5.41, 5.74) is -3.88. The van der Waals surface area contributed by atoms with Crippen molar-refractivity contribution in [1.82, 2.24) is 4.31 Å². The van der Waals surface area contributed by atoms with Gasteiger partial charge in [0.05, 0.1) is 9.79 Å². The predicted octanol–water partition coefficient (Wildman–Crippen LogP) is 4.08. The number of hydrogen-bond donors (Lipinski definition) is 0. The summed E-state index contributed by atoms with van der Waals surface area (Å²) in [6.07, 6.45) is 1.07. The fourth-order valence-corrected chi connectivity index (χ4v) is 4.91. The maximum absolute atomic E-state index is 12.8. The van der Waals surface area contributed by atoms with Crippen LogP contribution >= 0.6 is 11.8 Å². The minimum Gasteiger partial charge on any atom is -0.224 e. The zero-order valence-corrected chi connectivity index (χ0v) is 17.6. The van der Waals surface area contributed by atoms with Crippen LogP contribution in [0.15, 0.2) is 63.2 Å². The standard InChI is InChI=1S/C17H18F3NO4S3/c1-12(13-4-8-15(9-5-13)27(3,22)23)21(2)28(24,25)16-10-6-14(7-11-16)26-17(18,19)20/h4-12H,1-3H3. The Morgan fingerprint density at radius 2 is 1.36 bits per heavy atom. The second kappa shape index (κ2) is 8.05. The van der Waals surface area contributed by atoms with Crippen molar-refractivity contribution in [2.75, 3.05) is 13.3 Å². The summed E-state index contributed by atoms with van der Waals surface area (Å²) in [4.78, 5) is -0.133. The highest BCUT2D eigenvalue weighted by Crippen LogP contribution is 2.37. The Morgan fingerprint density at radius 3 is 1.79 bits per heavy atom. The molecule has 0 saturated heterocycles. The van der Waals surface area contributed by atoms with E-state index < -0.39 is 31.4 Å². The van der Waals surface area contributed by atoms with Crippen LogP contribution in [0.25, 0.3) is 0 Å². The van der Waals surface area contributed by atoms with Crippen LogP contribution in [0.5, 0.6) is 0 Å². The first kappa shape index (κ1) is 22.7. The van der Waals surface area contributed by atoms with Crippen LogP contribution in [0.4, 0.5) is 13.2 Å². The van der Waals surface area contributed by atoms with Crippen molar-refractivity contribution in [3.05, 3.63) is 54.1 Å². The Kier molecular flexibility index (Phi) is 6.54. The second-order valence-electron chi connectivity index (χ2n) is 6.06. The van der Waals surface area contributed by atoms with E-state index in [0.29, 0.717) is 5.56 Å². The Hall–Kier alpha value is -1.56. The molecular formula is C17H18F3NO4S3. The van der Waals surface area contributed by atoms with E-state index in [1.165, 1.54) is 31.3 Å². The van der Waals surface area contributed by atoms with Crippen molar-refractivity contribution >= 4 is 31.6 Å². The number of alkyl halides is 3. The van der Waals surface area contributed by atoms with Gasteiger partial charge in [-0.25, -0.2) is 16.8 Å². The summed E-state index contributed by atoms with van der Waals surface area (Å²) >= 11 is -0.323. The molecule has 5 nitrogen and oxygen atoms in total. The van der Waals surface area contributed by atoms with Gasteiger partial charge < -0.3 is 0 Å². The predicted molar refractivity (Wildman–Crippen MR) is 101 cm³/mol. The third-order valence-electron chi connectivity index (χ3n) is 4.07. The van der Waals surface area contributed by atoms with E-state index in [1.54, 1.807) is 6.92 Å². The molecule has 0 aliphatic rings. The molecule has 2 rings (SSSR count). The molecule has 2 aromatic rings. The summed E-state index contributed by atoms with van der Waals surface area (Å²) in [7, 11) is -5.98. The number of halogens is 3. The molecule has 11 heteroatoms. The Labute approximate surface area is 166 Å². The van der Waals surface area contributed by atoms with Gasteiger partial charge >= 0.3 is 5.51 Å². The second-order valence-corrected chi connectivity index (χ2v) is 11.2. The minimum absolute atomic E-state index is 0.112. The molecule has 0 N–H and O–H groups in total. The van der Waals surface area contributed by atoms with Gasteiger partial charge in [0, 0.05) is 24.2 Å². The van der Waals surface area contributed by atoms with E-state index in [-0.39, 0.29) is 26.4 Å². The average molecular weight is 454 g/mol. The molecule has 0 heterocycles. The Morgan fingerprint density at radius 1 is 0.893 bits per heavy atom. The van der Waals surface area contributed by atoms with Crippen LogP contribution in [0.3, 0.4) is 0 Å². The van der Waals surface area contributed by atoms with Gasteiger partial charge in [0.2, 0.25) is 10.0 Å². The lowest BCUT2D eigenvalue weighted by atomic mass is 10.1. The third-order valence-corrected chi connectivity index (χ3v) is 7.88. The van der Waals surface area contributed by atoms with Crippen LogP contribution in [0, 0.1) is 0 Å². The van der Waals surface area contributed by atoms with Gasteiger partial charge in [-0.05, 0) is 60.6 Å². The van der Waals surface area contributed by atoms with Gasteiger partial charge in [0.15, 0.2) is 9.84 Å². The zero-order chi connectivity index (χ0) is 21.3. The summed E-state index contributed by atoms with van der Waals surface area (Å²) < 4.78 is 86.9. The molecule has 2 aromatic carbocycles. The van der Waals surface area contributed by atoms with E-state index in [1.807, 2.05) is 0 Å². The molecule has 154 valence electrons. The van der Waals surface area contributed by atoms with Gasteiger partial charge in [-0.2, -0.15) is 17.5 Å². The van der Waals surface area contributed by atoms with Crippen molar-refractivity contribution in [2.45, 2.75) is 33.2 Å². The molecular weight excluding hydrogens is 435 g/mol. The molecule has 1 unspecified atom stereocenters. The maximum Gasteiger partial charge on any atom is 0.446 e. The summed E-state index contributed by atoms with van der Waals surface area (Å²) in [6.45, 7) is 1.63. The molecule has 0 aromatic heterocycles. The summed E-state index contributed by atoms with van der Waals surface area (Å²) in [6, 6.07) is 9.66. The fraction of sp³-hybridized carbons (Fsp3) is 0.294. The lowest BCUT2D eigenvalue weighted by molar-refractivity contribution is -0.0328. The van der Waals surface area contributed by atoms with Crippen LogP contribution < -0.4 is 0 Å². The highest BCUT2D eigenvalue weighted by atomic mass is 32.2. The molecule has 0 fully saturated rings. The van der Waals surface area contributed by atoms with Crippen LogP contribution in [-0.4, -0.2) is 40.0 Å². The molecule has 0 aliphatic carbocycles. The Bertz CT molecular complexity index is 1030. The molecule has 28 heavy (non-hydrogen) atoms. The number of thioether (sulfide) groups is 1. The highest BCUT2D eigenvalue weighted by Gasteiger charge is 2.30. The topological polar surface area (TPSA) is 71.5 Å². The molecule has 0 radical (unpaired) electrons. The number of benzene rings is 2. The summed E-state index contributed by atoms with van der Waals surface area (Å²) in [5.74, 6) is 0. The lowest BCUT2D eigenvalue weighted by Crippen LogP contribution is -2.29. The quantitative estimate of drug-likeness (QED) is 0.617. The van der Waals surface area contributed by atoms with E-state index in [0.717, 1.165) is 34.8 Å². The van der Waals surface area contributed by atoms with E-state index in [9.17, 15) is 30.0 Å². The molecule has 0 aliphatic heterocycles. The average Bonchev–Trinajstić information content (AvgIpc) is 2.59. The van der Waals surface area contributed by atoms with Crippen LogP contribution in [0.2, 0.25) is 0 Å². The monoisotopic (exact) mass is 453 g/mol. The number of nitrogens with zero attached hydrogens (tertiary/aromatic N) is 1. The van der Waals surface area contributed by atoms with Gasteiger partial charge in [-0.1, -0.05) is 12.1 Å². The van der Waals surface area contributed by atoms with Crippen molar-refractivity contribution in [1.29, 1.82) is 0 Å². The molecule has 0 amide bonds. The molecule has 1 atom stereocenters. The number of sulfonamides is 1. The van der Waals surface area contributed by atoms with Crippen molar-refractivity contribution in [3.63, 3.8) is 0 Å². The molecule has 0 bridgehead atoms. The first-order valence-corrected chi connectivity index (χ1v) is 12.0. The van der Waals surface area contributed by atoms with Crippen LogP contribution in [0.1, 0.15) is 18.5 Å². The van der Waals surface area contributed by atoms with Crippen molar-refractivity contribution in [3.8, 4) is 0 Å². The SMILES string of the molecule is CC(c1ccc(S(C)(=O)=O)cc1)N(C)S(=O)(=O)c1ccc(SC(F)(F)F)cc1. The largest absolute Gasteiger partial charge is 0.446 e.